The van der Waals surface area contributed by atoms with Crippen LogP contribution in [-0.4, -0.2) is 89.0 Å². The van der Waals surface area contributed by atoms with Gasteiger partial charge >= 0.3 is 29.8 Å². The number of esters is 5. The maximum absolute atomic E-state index is 11.9. The number of hydrogen-bond donors (Lipinski definition) is 0. The van der Waals surface area contributed by atoms with Crippen LogP contribution in [0.4, 0.5) is 0 Å². The zero-order valence-corrected chi connectivity index (χ0v) is 57.7. The molecule has 0 amide bonds. The van der Waals surface area contributed by atoms with Crippen molar-refractivity contribution in [3.63, 3.8) is 0 Å². The first-order valence-electron chi connectivity index (χ1n) is 34.4. The predicted octanol–water partition coefficient (Wildman–Crippen LogP) is 19.4. The van der Waals surface area contributed by atoms with E-state index in [0.717, 1.165) is 83.0 Å². The fourth-order valence-electron chi connectivity index (χ4n) is 8.34. The molecule has 3 atom stereocenters. The van der Waals surface area contributed by atoms with E-state index in [-0.39, 0.29) is 41.7 Å². The first-order chi connectivity index (χ1) is 40.5. The number of rotatable bonds is 52. The predicted molar refractivity (Wildman–Crippen MR) is 348 cm³/mol. The second kappa shape index (κ2) is 79.3. The van der Waals surface area contributed by atoms with E-state index in [1.54, 1.807) is 0 Å². The lowest BCUT2D eigenvalue weighted by molar-refractivity contribution is -0.149. The fourth-order valence-corrected chi connectivity index (χ4v) is 8.34. The van der Waals surface area contributed by atoms with E-state index in [4.69, 9.17) is 23.7 Å². The molecule has 0 aromatic carbocycles. The molecule has 84 heavy (non-hydrogen) atoms. The summed E-state index contributed by atoms with van der Waals surface area (Å²) in [5.41, 5.74) is 0. The van der Waals surface area contributed by atoms with Crippen LogP contribution in [0.3, 0.4) is 0 Å². The molecular formula is C70H138O14. The minimum Gasteiger partial charge on any atom is -0.468 e. The van der Waals surface area contributed by atoms with Gasteiger partial charge in [-0.05, 0) is 81.0 Å². The van der Waals surface area contributed by atoms with Crippen molar-refractivity contribution in [1.29, 1.82) is 0 Å². The molecule has 0 aromatic rings. The molecule has 14 heteroatoms. The third-order valence-electron chi connectivity index (χ3n) is 13.9. The standard InChI is InChI=1S/C23H44O4.C18H34O4.C12H24O2.C9H18O2.C6H12O2.C2H6/c1-4-7-9-11-13-15-17-26-22(24)19-21(6-3)20-23(25)27-18-16-14-12-10-8-5-2;1-4-7-8-9-10-11-13-22-18(20)15-16(6-3)14-17(19)21-12-5-2;1-5-7-12(8-10(3)6-2)9-14-11(4)13;1-2-3-4-5-6-7-8-11-9-10;1-6(2)3-4-8-5-7;1-2/h21H,4-20H2,1-3H3;16H,4-15H2,1-3H3;10,12H,5-9H2,1-4H3;9H,2-8H2,1H3;5-6H,3-4H2,1-2H3;1-2H3. The lowest BCUT2D eigenvalue weighted by Crippen LogP contribution is -2.17. The van der Waals surface area contributed by atoms with E-state index in [9.17, 15) is 33.6 Å². The Balaban J connectivity index is -0.000000238. The van der Waals surface area contributed by atoms with Crippen molar-refractivity contribution in [2.24, 2.45) is 29.6 Å². The van der Waals surface area contributed by atoms with Crippen LogP contribution in [-0.2, 0) is 66.7 Å². The van der Waals surface area contributed by atoms with Gasteiger partial charge in [0.15, 0.2) is 0 Å². The van der Waals surface area contributed by atoms with Crippen molar-refractivity contribution >= 4 is 42.8 Å². The van der Waals surface area contributed by atoms with Crippen LogP contribution in [0.2, 0.25) is 0 Å². The van der Waals surface area contributed by atoms with Crippen LogP contribution in [0.25, 0.3) is 0 Å². The quantitative estimate of drug-likeness (QED) is 0.0242. The molecule has 0 aliphatic heterocycles. The van der Waals surface area contributed by atoms with E-state index in [1.165, 1.54) is 135 Å². The zero-order chi connectivity index (χ0) is 64.5. The second-order valence-electron chi connectivity index (χ2n) is 22.6. The number of hydrogen-bond acceptors (Lipinski definition) is 14. The Hall–Kier alpha value is -3.71. The summed E-state index contributed by atoms with van der Waals surface area (Å²) >= 11 is 0. The van der Waals surface area contributed by atoms with Gasteiger partial charge in [0.2, 0.25) is 0 Å². The highest BCUT2D eigenvalue weighted by molar-refractivity contribution is 5.74. The minimum absolute atomic E-state index is 0.0270. The lowest BCUT2D eigenvalue weighted by atomic mass is 9.91. The zero-order valence-electron chi connectivity index (χ0n) is 57.7. The summed E-state index contributed by atoms with van der Waals surface area (Å²) in [5.74, 6) is 1.05. The molecule has 0 radical (unpaired) electrons. The Labute approximate surface area is 518 Å². The van der Waals surface area contributed by atoms with Crippen LogP contribution in [0.5, 0.6) is 0 Å². The van der Waals surface area contributed by atoms with Gasteiger partial charge in [-0.2, -0.15) is 0 Å². The Bertz CT molecular complexity index is 1340. The fraction of sp³-hybridized carbons (Fsp3) is 0.900. The van der Waals surface area contributed by atoms with Gasteiger partial charge < -0.3 is 33.2 Å². The van der Waals surface area contributed by atoms with Gasteiger partial charge in [-0.25, -0.2) is 0 Å². The van der Waals surface area contributed by atoms with Crippen molar-refractivity contribution in [3.05, 3.63) is 0 Å². The molecule has 0 saturated heterocycles. The smallest absolute Gasteiger partial charge is 0.306 e. The summed E-state index contributed by atoms with van der Waals surface area (Å²) in [6.07, 6.45) is 37.9. The molecule has 0 spiro atoms. The highest BCUT2D eigenvalue weighted by Crippen LogP contribution is 2.21. The molecule has 0 aliphatic rings. The third kappa shape index (κ3) is 84.7. The second-order valence-corrected chi connectivity index (χ2v) is 22.6. The van der Waals surface area contributed by atoms with Crippen molar-refractivity contribution in [2.75, 3.05) is 46.2 Å². The van der Waals surface area contributed by atoms with Gasteiger partial charge in [0.25, 0.3) is 12.9 Å². The number of carbonyl (C=O) groups excluding carboxylic acids is 7. The summed E-state index contributed by atoms with van der Waals surface area (Å²) < 4.78 is 35.0. The molecule has 3 unspecified atom stereocenters. The number of ether oxygens (including phenoxy) is 7. The van der Waals surface area contributed by atoms with E-state index < -0.39 is 0 Å². The largest absolute Gasteiger partial charge is 0.468 e. The van der Waals surface area contributed by atoms with Crippen molar-refractivity contribution in [1.82, 2.24) is 0 Å². The molecule has 0 aromatic heterocycles. The Kier molecular flexibility index (Phi) is 86.3. The maximum Gasteiger partial charge on any atom is 0.306 e. The van der Waals surface area contributed by atoms with Crippen LogP contribution < -0.4 is 0 Å². The summed E-state index contributed by atoms with van der Waals surface area (Å²) in [7, 11) is 0. The van der Waals surface area contributed by atoms with E-state index in [2.05, 4.69) is 71.8 Å². The summed E-state index contributed by atoms with van der Waals surface area (Å²) in [4.78, 5) is 77.2. The molecule has 502 valence electrons. The highest BCUT2D eigenvalue weighted by Gasteiger charge is 2.19. The van der Waals surface area contributed by atoms with Gasteiger partial charge in [-0.15, -0.1) is 0 Å². The average Bonchev–Trinajstić information content (AvgIpc) is 3.49. The van der Waals surface area contributed by atoms with Gasteiger partial charge in [0, 0.05) is 32.6 Å². The van der Waals surface area contributed by atoms with Crippen molar-refractivity contribution in [3.8, 4) is 0 Å². The first-order valence-corrected chi connectivity index (χ1v) is 34.4. The van der Waals surface area contributed by atoms with Gasteiger partial charge in [0.05, 0.1) is 46.2 Å². The molecule has 0 heterocycles. The van der Waals surface area contributed by atoms with E-state index in [1.807, 2.05) is 34.6 Å². The summed E-state index contributed by atoms with van der Waals surface area (Å²) in [6, 6.07) is 0. The van der Waals surface area contributed by atoms with Gasteiger partial charge in [-0.3, -0.25) is 33.6 Å². The van der Waals surface area contributed by atoms with Crippen molar-refractivity contribution in [2.45, 2.75) is 335 Å². The SMILES string of the molecule is CC.CC(C)CCOC=O.CCCC(COC(C)=O)CC(C)CC.CCCCCCCCOC(=O)CC(CC)CC(=O)OCCC.CCCCCCCCOC(=O)CC(CC)CC(=O)OCCCCCCCC.CCCCCCCCOC=O. The van der Waals surface area contributed by atoms with Crippen molar-refractivity contribution < 1.29 is 66.7 Å². The molecule has 0 bridgehead atoms. The average molecular weight is 1200 g/mol. The lowest BCUT2D eigenvalue weighted by Gasteiger charge is -2.19. The Morgan fingerprint density at radius 2 is 0.667 bits per heavy atom. The van der Waals surface area contributed by atoms with Gasteiger partial charge in [0.1, 0.15) is 0 Å². The van der Waals surface area contributed by atoms with E-state index >= 15 is 0 Å². The molecule has 0 fully saturated rings. The maximum atomic E-state index is 11.9. The van der Waals surface area contributed by atoms with Crippen LogP contribution in [0.15, 0.2) is 0 Å². The molecule has 14 nitrogen and oxygen atoms in total. The van der Waals surface area contributed by atoms with Crippen LogP contribution in [0, 0.1) is 29.6 Å². The number of carbonyl (C=O) groups is 7. The monoisotopic (exact) mass is 1200 g/mol. The normalized spacial score (nSPS) is 11.3. The molecule has 0 aliphatic carbocycles. The first kappa shape index (κ1) is 91.5. The summed E-state index contributed by atoms with van der Waals surface area (Å²) in [5, 5.41) is 0. The Morgan fingerprint density at radius 3 is 0.952 bits per heavy atom. The topological polar surface area (TPSA) is 184 Å². The van der Waals surface area contributed by atoms with Crippen LogP contribution >= 0.6 is 0 Å². The molecule has 0 N–H and O–H groups in total. The van der Waals surface area contributed by atoms with E-state index in [0.29, 0.717) is 96.7 Å². The van der Waals surface area contributed by atoms with Crippen LogP contribution in [0.1, 0.15) is 335 Å². The molecule has 0 rings (SSSR count). The summed E-state index contributed by atoms with van der Waals surface area (Å²) in [6.45, 7) is 35.8. The molecular weight excluding hydrogens is 1060 g/mol. The highest BCUT2D eigenvalue weighted by atomic mass is 16.6. The van der Waals surface area contributed by atoms with Gasteiger partial charge in [-0.1, -0.05) is 251 Å². The Morgan fingerprint density at radius 1 is 0.345 bits per heavy atom. The number of unbranched alkanes of at least 4 members (excludes halogenated alkanes) is 20. The third-order valence-corrected chi connectivity index (χ3v) is 13.9. The molecule has 0 saturated carbocycles. The minimum atomic E-state index is -0.211.